The highest BCUT2D eigenvalue weighted by atomic mass is 16.3. The Bertz CT molecular complexity index is 714. The molecule has 3 fully saturated rings. The van der Waals surface area contributed by atoms with Gasteiger partial charge in [-0.1, -0.05) is 64.7 Å². The molecule has 31 heavy (non-hydrogen) atoms. The summed E-state index contributed by atoms with van der Waals surface area (Å²) in [5.74, 6) is 4.93. The number of aliphatic hydroxyl groups is 1. The first-order valence-corrected chi connectivity index (χ1v) is 13.7. The van der Waals surface area contributed by atoms with Crippen LogP contribution < -0.4 is 0 Å². The topological polar surface area (TPSA) is 20.2 Å². The molecular weight excluding hydrogens is 376 g/mol. The van der Waals surface area contributed by atoms with Crippen LogP contribution in [0.3, 0.4) is 0 Å². The fraction of sp³-hybridized carbons (Fsp3) is 0.867. The molecule has 0 radical (unpaired) electrons. The van der Waals surface area contributed by atoms with Gasteiger partial charge in [0, 0.05) is 0 Å². The Morgan fingerprint density at radius 2 is 1.74 bits per heavy atom. The van der Waals surface area contributed by atoms with Crippen LogP contribution in [0.15, 0.2) is 22.8 Å². The Balaban J connectivity index is 1.49. The number of rotatable bonds is 6. The minimum Gasteiger partial charge on any atom is -0.392 e. The summed E-state index contributed by atoms with van der Waals surface area (Å²) in [5, 5.41) is 9.68. The van der Waals surface area contributed by atoms with Gasteiger partial charge in [0.2, 0.25) is 0 Å². The maximum atomic E-state index is 9.68. The fourth-order valence-corrected chi connectivity index (χ4v) is 9.20. The lowest BCUT2D eigenvalue weighted by Crippen LogP contribution is -2.48. The Morgan fingerprint density at radius 3 is 2.45 bits per heavy atom. The molecule has 3 saturated carbocycles. The molecule has 1 heteroatoms. The second-order valence-electron chi connectivity index (χ2n) is 12.9. The second-order valence-corrected chi connectivity index (χ2v) is 12.9. The van der Waals surface area contributed by atoms with Gasteiger partial charge in [0.1, 0.15) is 0 Å². The fourth-order valence-electron chi connectivity index (χ4n) is 9.20. The average molecular weight is 427 g/mol. The van der Waals surface area contributed by atoms with Crippen molar-refractivity contribution in [1.29, 1.82) is 0 Å². The summed E-state index contributed by atoms with van der Waals surface area (Å²) < 4.78 is 0. The summed E-state index contributed by atoms with van der Waals surface area (Å²) in [6.45, 7) is 14.8. The van der Waals surface area contributed by atoms with Gasteiger partial charge in [0.25, 0.3) is 0 Å². The Kier molecular flexibility index (Phi) is 6.85. The van der Waals surface area contributed by atoms with Crippen molar-refractivity contribution in [1.82, 2.24) is 0 Å². The Labute approximate surface area is 193 Å². The first-order valence-electron chi connectivity index (χ1n) is 13.7. The van der Waals surface area contributed by atoms with Gasteiger partial charge >= 0.3 is 0 Å². The minimum atomic E-state index is 0.223. The van der Waals surface area contributed by atoms with E-state index in [-0.39, 0.29) is 6.61 Å². The molecule has 0 aromatic carbocycles. The number of allylic oxidation sites excluding steroid dienone is 3. The van der Waals surface area contributed by atoms with Crippen molar-refractivity contribution in [2.45, 2.75) is 112 Å². The summed E-state index contributed by atoms with van der Waals surface area (Å²) >= 11 is 0. The summed E-state index contributed by atoms with van der Waals surface area (Å²) in [5.41, 5.74) is 5.76. The van der Waals surface area contributed by atoms with Crippen LogP contribution in [-0.4, -0.2) is 11.7 Å². The zero-order chi connectivity index (χ0) is 22.4. The number of hydrogen-bond donors (Lipinski definition) is 1. The van der Waals surface area contributed by atoms with Crippen LogP contribution in [-0.2, 0) is 0 Å². The SMILES string of the molecule is CC(CO)=C(CCC(C)[C@H]1CC[C@H]2C3=CCC4CCCC[C@]4(C)[C@H]3CC[C@]12C)C(C)C. The molecule has 0 heterocycles. The zero-order valence-corrected chi connectivity index (χ0v) is 21.5. The lowest BCUT2D eigenvalue weighted by atomic mass is 9.48. The largest absolute Gasteiger partial charge is 0.392 e. The highest BCUT2D eigenvalue weighted by Gasteiger charge is 2.57. The van der Waals surface area contributed by atoms with Gasteiger partial charge in [0.15, 0.2) is 0 Å². The van der Waals surface area contributed by atoms with E-state index in [0.717, 1.165) is 29.6 Å². The maximum absolute atomic E-state index is 9.68. The lowest BCUT2D eigenvalue weighted by molar-refractivity contribution is -0.00784. The molecule has 1 N–H and O–H groups in total. The van der Waals surface area contributed by atoms with E-state index in [0.29, 0.717) is 16.7 Å². The van der Waals surface area contributed by atoms with Crippen LogP contribution in [0, 0.1) is 46.3 Å². The molecule has 7 atom stereocenters. The summed E-state index contributed by atoms with van der Waals surface area (Å²) in [6, 6.07) is 0. The van der Waals surface area contributed by atoms with Gasteiger partial charge in [0.05, 0.1) is 6.61 Å². The van der Waals surface area contributed by atoms with Gasteiger partial charge < -0.3 is 5.11 Å². The zero-order valence-electron chi connectivity index (χ0n) is 21.5. The monoisotopic (exact) mass is 426 g/mol. The van der Waals surface area contributed by atoms with Gasteiger partial charge in [-0.2, -0.15) is 0 Å². The lowest BCUT2D eigenvalue weighted by Gasteiger charge is -2.57. The van der Waals surface area contributed by atoms with Crippen LogP contribution in [0.1, 0.15) is 112 Å². The normalized spacial score (nSPS) is 41.7. The van der Waals surface area contributed by atoms with Gasteiger partial charge in [-0.05, 0) is 117 Å². The molecule has 0 aliphatic heterocycles. The quantitative estimate of drug-likeness (QED) is 0.423. The van der Waals surface area contributed by atoms with Crippen LogP contribution >= 0.6 is 0 Å². The van der Waals surface area contributed by atoms with E-state index < -0.39 is 0 Å². The summed E-state index contributed by atoms with van der Waals surface area (Å²) in [4.78, 5) is 0. The molecular formula is C30H50O. The molecule has 0 amide bonds. The average Bonchev–Trinajstić information content (AvgIpc) is 3.10. The van der Waals surface area contributed by atoms with Crippen molar-refractivity contribution in [3.05, 3.63) is 22.8 Å². The van der Waals surface area contributed by atoms with E-state index in [2.05, 4.69) is 47.6 Å². The van der Waals surface area contributed by atoms with E-state index in [1.807, 2.05) is 5.57 Å². The number of hydrogen-bond acceptors (Lipinski definition) is 1. The first-order chi connectivity index (χ1) is 14.7. The van der Waals surface area contributed by atoms with E-state index in [1.165, 1.54) is 81.8 Å². The van der Waals surface area contributed by atoms with Crippen LogP contribution in [0.4, 0.5) is 0 Å². The number of aliphatic hydroxyl groups excluding tert-OH is 1. The van der Waals surface area contributed by atoms with Crippen molar-refractivity contribution >= 4 is 0 Å². The van der Waals surface area contributed by atoms with Crippen LogP contribution in [0.25, 0.3) is 0 Å². The smallest absolute Gasteiger partial charge is 0.0641 e. The molecule has 0 bridgehead atoms. The predicted molar refractivity (Wildman–Crippen MR) is 133 cm³/mol. The third-order valence-corrected chi connectivity index (χ3v) is 11.1. The number of fused-ring (bicyclic) bond motifs is 5. The molecule has 1 nitrogen and oxygen atoms in total. The van der Waals surface area contributed by atoms with E-state index in [4.69, 9.17) is 0 Å². The second kappa shape index (κ2) is 9.00. The highest BCUT2D eigenvalue weighted by molar-refractivity contribution is 5.27. The van der Waals surface area contributed by atoms with Crippen molar-refractivity contribution in [2.24, 2.45) is 46.3 Å². The van der Waals surface area contributed by atoms with Crippen molar-refractivity contribution in [3.8, 4) is 0 Å². The first kappa shape index (κ1) is 23.6. The Hall–Kier alpha value is -0.560. The van der Waals surface area contributed by atoms with Crippen molar-refractivity contribution in [3.63, 3.8) is 0 Å². The van der Waals surface area contributed by atoms with Gasteiger partial charge in [-0.15, -0.1) is 0 Å². The molecule has 0 saturated heterocycles. The van der Waals surface area contributed by atoms with Crippen molar-refractivity contribution < 1.29 is 5.11 Å². The van der Waals surface area contributed by atoms with E-state index >= 15 is 0 Å². The minimum absolute atomic E-state index is 0.223. The Morgan fingerprint density at radius 1 is 1.00 bits per heavy atom. The maximum Gasteiger partial charge on any atom is 0.0641 e. The molecule has 176 valence electrons. The summed E-state index contributed by atoms with van der Waals surface area (Å²) in [6.07, 6.45) is 18.3. The highest BCUT2D eigenvalue weighted by Crippen LogP contribution is 2.67. The molecule has 0 aromatic rings. The molecule has 4 aliphatic rings. The standard InChI is InChI=1S/C30H50O/c1-20(2)24(22(4)19-31)12-10-21(3)26-14-15-27-25-13-11-23-9-7-8-17-29(23,5)28(25)16-18-30(26,27)6/h13,20-21,23,26-28,31H,7-12,14-19H2,1-6H3/t21?,23?,26-,27+,28+,29+,30-/m1/s1. The van der Waals surface area contributed by atoms with Crippen LogP contribution in [0.5, 0.6) is 0 Å². The molecule has 2 unspecified atom stereocenters. The van der Waals surface area contributed by atoms with Crippen molar-refractivity contribution in [2.75, 3.05) is 6.61 Å². The third-order valence-electron chi connectivity index (χ3n) is 11.1. The summed E-state index contributed by atoms with van der Waals surface area (Å²) in [7, 11) is 0. The van der Waals surface area contributed by atoms with E-state index in [1.54, 1.807) is 0 Å². The molecule has 0 aromatic heterocycles. The van der Waals surface area contributed by atoms with E-state index in [9.17, 15) is 5.11 Å². The predicted octanol–water partition coefficient (Wildman–Crippen LogP) is 8.34. The molecule has 4 aliphatic carbocycles. The van der Waals surface area contributed by atoms with Gasteiger partial charge in [-0.3, -0.25) is 0 Å². The van der Waals surface area contributed by atoms with Crippen LogP contribution in [0.2, 0.25) is 0 Å². The third kappa shape index (κ3) is 4.00. The molecule has 0 spiro atoms. The molecule has 4 rings (SSSR count). The van der Waals surface area contributed by atoms with Gasteiger partial charge in [-0.25, -0.2) is 0 Å².